The third kappa shape index (κ3) is 5.38. The van der Waals surface area contributed by atoms with Gasteiger partial charge in [-0.3, -0.25) is 4.98 Å². The van der Waals surface area contributed by atoms with Crippen molar-refractivity contribution in [2.75, 3.05) is 31.2 Å². The highest BCUT2D eigenvalue weighted by Crippen LogP contribution is 2.50. The second-order valence-electron chi connectivity index (χ2n) is 8.45. The van der Waals surface area contributed by atoms with Crippen LogP contribution in [0.5, 0.6) is 0 Å². The molecule has 176 valence electrons. The number of anilines is 1. The molecule has 1 aliphatic carbocycles. The van der Waals surface area contributed by atoms with Gasteiger partial charge in [-0.15, -0.1) is 0 Å². The van der Waals surface area contributed by atoms with Gasteiger partial charge in [0.1, 0.15) is 5.52 Å². The Morgan fingerprint density at radius 1 is 0.939 bits per heavy atom. The molecule has 2 fully saturated rings. The van der Waals surface area contributed by atoms with E-state index in [1.165, 1.54) is 0 Å². The van der Waals surface area contributed by atoms with E-state index >= 15 is 0 Å². The lowest BCUT2D eigenvalue weighted by Crippen LogP contribution is -2.38. The van der Waals surface area contributed by atoms with Crippen LogP contribution in [-0.2, 0) is 4.74 Å². The normalized spacial score (nSPS) is 20.7. The molecule has 1 saturated heterocycles. The summed E-state index contributed by atoms with van der Waals surface area (Å²) < 4.78 is 44.1. The topological polar surface area (TPSA) is 76.9 Å². The van der Waals surface area contributed by atoms with Gasteiger partial charge in [-0.2, -0.15) is 18.2 Å². The Kier molecular flexibility index (Phi) is 6.73. The van der Waals surface area contributed by atoms with Gasteiger partial charge in [-0.25, -0.2) is 15.0 Å². The molecule has 0 atom stereocenters. The van der Waals surface area contributed by atoms with Crippen LogP contribution in [0.3, 0.4) is 0 Å². The highest BCUT2D eigenvalue weighted by Gasteiger charge is 2.49. The van der Waals surface area contributed by atoms with Crippen molar-refractivity contribution in [3.8, 4) is 0 Å². The Labute approximate surface area is 190 Å². The van der Waals surface area contributed by atoms with Gasteiger partial charge >= 0.3 is 6.18 Å². The fourth-order valence-electron chi connectivity index (χ4n) is 3.87. The molecule has 5 rings (SSSR count). The number of aromatic nitrogens is 5. The van der Waals surface area contributed by atoms with E-state index in [0.717, 1.165) is 17.1 Å². The number of nitrogens with zero attached hydrogens (tertiary/aromatic N) is 6. The average Bonchev–Trinajstić information content (AvgIpc) is 2.74. The SMILES string of the molecule is Cc1ccccn1.Cc1nc2nc(N3CCOCC3)nc(C3CC(C(F)(F)F)C3)c2nc1C. The quantitative estimate of drug-likeness (QED) is 0.564. The first-order valence-electron chi connectivity index (χ1n) is 11.0. The maximum atomic E-state index is 12.9. The van der Waals surface area contributed by atoms with Crippen molar-refractivity contribution in [1.29, 1.82) is 0 Å². The first-order valence-corrected chi connectivity index (χ1v) is 11.0. The maximum absolute atomic E-state index is 12.9. The van der Waals surface area contributed by atoms with E-state index in [-0.39, 0.29) is 18.8 Å². The molecule has 3 aromatic rings. The Morgan fingerprint density at radius 2 is 1.64 bits per heavy atom. The van der Waals surface area contributed by atoms with Crippen LogP contribution in [0.2, 0.25) is 0 Å². The Bertz CT molecular complexity index is 1100. The molecule has 3 aromatic heterocycles. The second kappa shape index (κ2) is 9.54. The summed E-state index contributed by atoms with van der Waals surface area (Å²) in [5, 5.41) is 0. The molecule has 4 heterocycles. The standard InChI is InChI=1S/C17H20F3N5O.C6H7N/c1-9-10(2)22-15-14(21-9)13(11-7-12(8-11)17(18,19)20)23-16(24-15)25-3-5-26-6-4-25;1-6-4-2-3-5-7-6/h11-12H,3-8H2,1-2H3;2-5H,1H3. The molecule has 2 aliphatic rings. The molecule has 33 heavy (non-hydrogen) atoms. The number of hydrogen-bond donors (Lipinski definition) is 0. The predicted molar refractivity (Wildman–Crippen MR) is 118 cm³/mol. The van der Waals surface area contributed by atoms with Crippen LogP contribution in [0.1, 0.15) is 41.5 Å². The molecule has 10 heteroatoms. The molecule has 0 N–H and O–H groups in total. The summed E-state index contributed by atoms with van der Waals surface area (Å²) in [5.41, 5.74) is 4.14. The monoisotopic (exact) mass is 460 g/mol. The van der Waals surface area contributed by atoms with E-state index in [2.05, 4.69) is 24.9 Å². The smallest absolute Gasteiger partial charge is 0.378 e. The van der Waals surface area contributed by atoms with Crippen LogP contribution >= 0.6 is 0 Å². The van der Waals surface area contributed by atoms with Gasteiger partial charge in [0.15, 0.2) is 5.65 Å². The molecular weight excluding hydrogens is 433 g/mol. The van der Waals surface area contributed by atoms with Crippen molar-refractivity contribution < 1.29 is 17.9 Å². The third-order valence-electron chi connectivity index (χ3n) is 6.05. The van der Waals surface area contributed by atoms with Crippen LogP contribution in [0.25, 0.3) is 11.2 Å². The second-order valence-corrected chi connectivity index (χ2v) is 8.45. The molecule has 7 nitrogen and oxygen atoms in total. The number of pyridine rings is 1. The summed E-state index contributed by atoms with van der Waals surface area (Å²) in [4.78, 5) is 24.2. The van der Waals surface area contributed by atoms with Gasteiger partial charge in [0, 0.05) is 30.9 Å². The minimum atomic E-state index is -4.15. The molecule has 0 unspecified atom stereocenters. The van der Waals surface area contributed by atoms with Gasteiger partial charge < -0.3 is 9.64 Å². The Balaban J connectivity index is 0.000000318. The zero-order valence-electron chi connectivity index (χ0n) is 18.9. The van der Waals surface area contributed by atoms with Crippen molar-refractivity contribution in [2.24, 2.45) is 5.92 Å². The number of halogens is 3. The van der Waals surface area contributed by atoms with E-state index in [1.807, 2.05) is 43.9 Å². The van der Waals surface area contributed by atoms with Crippen LogP contribution in [0, 0.1) is 26.7 Å². The summed E-state index contributed by atoms with van der Waals surface area (Å²) in [7, 11) is 0. The highest BCUT2D eigenvalue weighted by atomic mass is 19.4. The number of morpholine rings is 1. The van der Waals surface area contributed by atoms with Crippen LogP contribution < -0.4 is 4.90 Å². The van der Waals surface area contributed by atoms with E-state index in [0.29, 0.717) is 49.1 Å². The van der Waals surface area contributed by atoms with Crippen LogP contribution in [0.15, 0.2) is 24.4 Å². The van der Waals surface area contributed by atoms with Crippen LogP contribution in [-0.4, -0.2) is 57.4 Å². The van der Waals surface area contributed by atoms with Gasteiger partial charge in [0.25, 0.3) is 0 Å². The minimum absolute atomic E-state index is 0.0484. The predicted octanol–water partition coefficient (Wildman–Crippen LogP) is 4.32. The van der Waals surface area contributed by atoms with E-state index < -0.39 is 12.1 Å². The molecule has 1 saturated carbocycles. The first kappa shape index (κ1) is 23.3. The summed E-state index contributed by atoms with van der Waals surface area (Å²) in [6, 6.07) is 5.86. The fourth-order valence-corrected chi connectivity index (χ4v) is 3.87. The molecule has 1 aliphatic heterocycles. The number of alkyl halides is 3. The Morgan fingerprint density at radius 3 is 2.21 bits per heavy atom. The van der Waals surface area contributed by atoms with E-state index in [9.17, 15) is 13.2 Å². The zero-order chi connectivity index (χ0) is 23.6. The zero-order valence-corrected chi connectivity index (χ0v) is 18.9. The molecule has 0 radical (unpaired) electrons. The van der Waals surface area contributed by atoms with E-state index in [4.69, 9.17) is 4.74 Å². The number of ether oxygens (including phenoxy) is 1. The Hall–Kier alpha value is -2.88. The van der Waals surface area contributed by atoms with Crippen molar-refractivity contribution in [2.45, 2.75) is 45.7 Å². The largest absolute Gasteiger partial charge is 0.391 e. The number of fused-ring (bicyclic) bond motifs is 1. The molecular formula is C23H27F3N6O. The van der Waals surface area contributed by atoms with Gasteiger partial charge in [0.2, 0.25) is 5.95 Å². The minimum Gasteiger partial charge on any atom is -0.378 e. The first-order chi connectivity index (χ1) is 15.7. The number of aryl methyl sites for hydroxylation is 3. The third-order valence-corrected chi connectivity index (χ3v) is 6.05. The van der Waals surface area contributed by atoms with Crippen molar-refractivity contribution >= 4 is 17.1 Å². The summed E-state index contributed by atoms with van der Waals surface area (Å²) >= 11 is 0. The summed E-state index contributed by atoms with van der Waals surface area (Å²) in [5.74, 6) is -1.02. The molecule has 0 bridgehead atoms. The number of rotatable bonds is 2. The lowest BCUT2D eigenvalue weighted by Gasteiger charge is -2.36. The maximum Gasteiger partial charge on any atom is 0.391 e. The van der Waals surface area contributed by atoms with Crippen molar-refractivity contribution in [3.05, 3.63) is 47.2 Å². The van der Waals surface area contributed by atoms with Gasteiger partial charge in [0.05, 0.1) is 36.2 Å². The average molecular weight is 461 g/mol. The molecule has 0 spiro atoms. The molecule has 0 aromatic carbocycles. The lowest BCUT2D eigenvalue weighted by atomic mass is 9.72. The fraction of sp³-hybridized carbons (Fsp3) is 0.522. The summed E-state index contributed by atoms with van der Waals surface area (Å²) in [6.45, 7) is 8.11. The van der Waals surface area contributed by atoms with Crippen molar-refractivity contribution in [3.63, 3.8) is 0 Å². The van der Waals surface area contributed by atoms with E-state index in [1.54, 1.807) is 6.20 Å². The van der Waals surface area contributed by atoms with Crippen LogP contribution in [0.4, 0.5) is 19.1 Å². The summed E-state index contributed by atoms with van der Waals surface area (Å²) in [6.07, 6.45) is -2.26. The van der Waals surface area contributed by atoms with Gasteiger partial charge in [-0.05, 0) is 45.7 Å². The number of hydrogen-bond acceptors (Lipinski definition) is 7. The van der Waals surface area contributed by atoms with Gasteiger partial charge in [-0.1, -0.05) is 6.07 Å². The lowest BCUT2D eigenvalue weighted by molar-refractivity contribution is -0.197. The highest BCUT2D eigenvalue weighted by molar-refractivity contribution is 5.75. The van der Waals surface area contributed by atoms with Crippen molar-refractivity contribution in [1.82, 2.24) is 24.9 Å². The molecule has 0 amide bonds.